The fourth-order valence-corrected chi connectivity index (χ4v) is 3.19. The number of esters is 1. The molecule has 3 aromatic rings. The van der Waals surface area contributed by atoms with Gasteiger partial charge in [-0.25, -0.2) is 9.78 Å². The Kier molecular flexibility index (Phi) is 6.44. The van der Waals surface area contributed by atoms with Crippen molar-refractivity contribution < 1.29 is 9.53 Å². The first kappa shape index (κ1) is 20.3. The zero-order chi connectivity index (χ0) is 20.8. The van der Waals surface area contributed by atoms with Gasteiger partial charge in [0.2, 0.25) is 5.95 Å². The van der Waals surface area contributed by atoms with E-state index in [0.29, 0.717) is 17.2 Å². The van der Waals surface area contributed by atoms with Crippen LogP contribution in [0.15, 0.2) is 48.5 Å². The summed E-state index contributed by atoms with van der Waals surface area (Å²) in [6.07, 6.45) is 1.87. The zero-order valence-corrected chi connectivity index (χ0v) is 17.2. The van der Waals surface area contributed by atoms with Crippen molar-refractivity contribution in [3.63, 3.8) is 0 Å². The van der Waals surface area contributed by atoms with E-state index in [4.69, 9.17) is 4.74 Å². The van der Waals surface area contributed by atoms with E-state index >= 15 is 0 Å². The molecule has 6 heteroatoms. The van der Waals surface area contributed by atoms with Crippen LogP contribution in [0, 0.1) is 6.92 Å². The van der Waals surface area contributed by atoms with E-state index in [1.807, 2.05) is 19.1 Å². The highest BCUT2D eigenvalue weighted by Crippen LogP contribution is 2.27. The van der Waals surface area contributed by atoms with Crippen LogP contribution in [0.4, 0.5) is 23.1 Å². The first-order chi connectivity index (χ1) is 14.0. The highest BCUT2D eigenvalue weighted by atomic mass is 16.5. The maximum absolute atomic E-state index is 11.8. The first-order valence-electron chi connectivity index (χ1n) is 9.72. The SMILES string of the molecule is CCc1cccc(CC)c1Nc1cc(C)nc(Nc2cccc(C(=O)OC)c2)n1. The highest BCUT2D eigenvalue weighted by Gasteiger charge is 2.10. The van der Waals surface area contributed by atoms with Crippen LogP contribution < -0.4 is 10.6 Å². The Morgan fingerprint density at radius 1 is 0.966 bits per heavy atom. The van der Waals surface area contributed by atoms with Crippen molar-refractivity contribution in [3.05, 3.63) is 70.9 Å². The van der Waals surface area contributed by atoms with Crippen molar-refractivity contribution in [2.45, 2.75) is 33.6 Å². The van der Waals surface area contributed by atoms with Crippen molar-refractivity contribution in [1.29, 1.82) is 0 Å². The van der Waals surface area contributed by atoms with Crippen LogP contribution in [0.25, 0.3) is 0 Å². The van der Waals surface area contributed by atoms with Crippen molar-refractivity contribution >= 4 is 29.1 Å². The number of methoxy groups -OCH3 is 1. The largest absolute Gasteiger partial charge is 0.465 e. The Balaban J connectivity index is 1.89. The molecule has 0 aliphatic heterocycles. The number of carbonyl (C=O) groups excluding carboxylic acids is 1. The number of hydrogen-bond donors (Lipinski definition) is 2. The topological polar surface area (TPSA) is 76.1 Å². The third-order valence-corrected chi connectivity index (χ3v) is 4.65. The first-order valence-corrected chi connectivity index (χ1v) is 9.72. The van der Waals surface area contributed by atoms with Gasteiger partial charge in [0, 0.05) is 23.1 Å². The summed E-state index contributed by atoms with van der Waals surface area (Å²) in [5.74, 6) is 0.797. The molecule has 3 rings (SSSR count). The van der Waals surface area contributed by atoms with Gasteiger partial charge in [-0.05, 0) is 49.1 Å². The maximum atomic E-state index is 11.8. The van der Waals surface area contributed by atoms with Crippen molar-refractivity contribution in [3.8, 4) is 0 Å². The van der Waals surface area contributed by atoms with E-state index in [1.54, 1.807) is 18.2 Å². The summed E-state index contributed by atoms with van der Waals surface area (Å²) >= 11 is 0. The van der Waals surface area contributed by atoms with Gasteiger partial charge in [0.1, 0.15) is 5.82 Å². The van der Waals surface area contributed by atoms with Gasteiger partial charge < -0.3 is 15.4 Å². The number of benzene rings is 2. The number of para-hydroxylation sites is 1. The molecular weight excluding hydrogens is 364 g/mol. The number of ether oxygens (including phenoxy) is 1. The van der Waals surface area contributed by atoms with E-state index < -0.39 is 0 Å². The van der Waals surface area contributed by atoms with Gasteiger partial charge in [-0.2, -0.15) is 4.98 Å². The monoisotopic (exact) mass is 390 g/mol. The molecule has 0 unspecified atom stereocenters. The predicted octanol–water partition coefficient (Wildman–Crippen LogP) is 5.18. The third-order valence-electron chi connectivity index (χ3n) is 4.65. The van der Waals surface area contributed by atoms with E-state index in [-0.39, 0.29) is 5.97 Å². The number of nitrogens with one attached hydrogen (secondary N) is 2. The lowest BCUT2D eigenvalue weighted by Crippen LogP contribution is -2.06. The molecule has 1 aromatic heterocycles. The number of carbonyl (C=O) groups is 1. The summed E-state index contributed by atoms with van der Waals surface area (Å²) in [7, 11) is 1.36. The van der Waals surface area contributed by atoms with Crippen LogP contribution in [0.5, 0.6) is 0 Å². The van der Waals surface area contributed by atoms with Crippen LogP contribution in [-0.2, 0) is 17.6 Å². The Hall–Kier alpha value is -3.41. The summed E-state index contributed by atoms with van der Waals surface area (Å²) < 4.78 is 4.78. The van der Waals surface area contributed by atoms with Gasteiger partial charge in [0.25, 0.3) is 0 Å². The van der Waals surface area contributed by atoms with Gasteiger partial charge in [0.15, 0.2) is 0 Å². The molecule has 0 fully saturated rings. The molecule has 0 saturated heterocycles. The van der Waals surface area contributed by atoms with Gasteiger partial charge in [-0.1, -0.05) is 38.1 Å². The average molecular weight is 390 g/mol. The Labute approximate surface area is 171 Å². The second-order valence-corrected chi connectivity index (χ2v) is 6.70. The van der Waals surface area contributed by atoms with E-state index in [0.717, 1.165) is 30.0 Å². The molecule has 0 amide bonds. The molecule has 0 atom stereocenters. The lowest BCUT2D eigenvalue weighted by molar-refractivity contribution is 0.0601. The van der Waals surface area contributed by atoms with Crippen LogP contribution in [0.3, 0.4) is 0 Å². The van der Waals surface area contributed by atoms with Crippen LogP contribution in [0.2, 0.25) is 0 Å². The molecule has 0 spiro atoms. The quantitative estimate of drug-likeness (QED) is 0.541. The summed E-state index contributed by atoms with van der Waals surface area (Å²) in [6, 6.07) is 15.3. The van der Waals surface area contributed by atoms with Crippen LogP contribution in [-0.4, -0.2) is 23.0 Å². The lowest BCUT2D eigenvalue weighted by Gasteiger charge is -2.16. The summed E-state index contributed by atoms with van der Waals surface area (Å²) in [4.78, 5) is 20.9. The van der Waals surface area contributed by atoms with Crippen LogP contribution in [0.1, 0.15) is 41.0 Å². The molecule has 2 N–H and O–H groups in total. The number of rotatable bonds is 7. The molecular formula is C23H26N4O2. The molecule has 0 bridgehead atoms. The average Bonchev–Trinajstić information content (AvgIpc) is 2.73. The molecule has 0 saturated carbocycles. The standard InChI is InChI=1S/C23H26N4O2/c1-5-16-9-7-10-17(6-2)21(16)26-20-13-15(3)24-23(27-20)25-19-12-8-11-18(14-19)22(28)29-4/h7-14H,5-6H2,1-4H3,(H2,24,25,26,27). The predicted molar refractivity (Wildman–Crippen MR) is 116 cm³/mol. The van der Waals surface area contributed by atoms with Crippen molar-refractivity contribution in [2.75, 3.05) is 17.7 Å². The molecule has 2 aromatic carbocycles. The normalized spacial score (nSPS) is 10.5. The fourth-order valence-electron chi connectivity index (χ4n) is 3.19. The maximum Gasteiger partial charge on any atom is 0.337 e. The van der Waals surface area contributed by atoms with E-state index in [2.05, 4.69) is 52.6 Å². The van der Waals surface area contributed by atoms with Gasteiger partial charge in [-0.3, -0.25) is 0 Å². The van der Waals surface area contributed by atoms with Crippen molar-refractivity contribution in [1.82, 2.24) is 9.97 Å². The third kappa shape index (κ3) is 4.90. The number of anilines is 4. The van der Waals surface area contributed by atoms with Gasteiger partial charge >= 0.3 is 5.97 Å². The van der Waals surface area contributed by atoms with Crippen LogP contribution >= 0.6 is 0 Å². The number of nitrogens with zero attached hydrogens (tertiary/aromatic N) is 2. The number of aromatic nitrogens is 2. The minimum absolute atomic E-state index is 0.385. The molecule has 0 aliphatic rings. The summed E-state index contributed by atoms with van der Waals surface area (Å²) in [5, 5.41) is 6.66. The van der Waals surface area contributed by atoms with Crippen molar-refractivity contribution in [2.24, 2.45) is 0 Å². The van der Waals surface area contributed by atoms with Gasteiger partial charge in [-0.15, -0.1) is 0 Å². The van der Waals surface area contributed by atoms with E-state index in [1.165, 1.54) is 18.2 Å². The smallest absolute Gasteiger partial charge is 0.337 e. The Morgan fingerprint density at radius 2 is 1.66 bits per heavy atom. The number of hydrogen-bond acceptors (Lipinski definition) is 6. The molecule has 0 aliphatic carbocycles. The summed E-state index contributed by atoms with van der Waals surface area (Å²) in [6.45, 7) is 6.22. The summed E-state index contributed by atoms with van der Waals surface area (Å²) in [5.41, 5.74) is 5.62. The molecule has 6 nitrogen and oxygen atoms in total. The second kappa shape index (κ2) is 9.19. The Bertz CT molecular complexity index is 995. The highest BCUT2D eigenvalue weighted by molar-refractivity contribution is 5.90. The zero-order valence-electron chi connectivity index (χ0n) is 17.2. The van der Waals surface area contributed by atoms with E-state index in [9.17, 15) is 4.79 Å². The lowest BCUT2D eigenvalue weighted by atomic mass is 10.0. The molecule has 29 heavy (non-hydrogen) atoms. The van der Waals surface area contributed by atoms with Gasteiger partial charge in [0.05, 0.1) is 12.7 Å². The molecule has 150 valence electrons. The minimum atomic E-state index is -0.385. The molecule has 1 heterocycles. The fraction of sp³-hybridized carbons (Fsp3) is 0.261. The minimum Gasteiger partial charge on any atom is -0.465 e. The second-order valence-electron chi connectivity index (χ2n) is 6.70. The Morgan fingerprint density at radius 3 is 2.31 bits per heavy atom. The molecule has 0 radical (unpaired) electrons. The number of aryl methyl sites for hydroxylation is 3.